The maximum Gasteiger partial charge on any atom is 0.255 e. The van der Waals surface area contributed by atoms with Crippen LogP contribution in [0.5, 0.6) is 0 Å². The Morgan fingerprint density at radius 2 is 1.97 bits per heavy atom. The molecule has 0 bridgehead atoms. The van der Waals surface area contributed by atoms with Gasteiger partial charge in [0.1, 0.15) is 5.69 Å². The maximum atomic E-state index is 14.8. The molecule has 1 saturated carbocycles. The molecule has 1 amide bonds. The molecule has 1 N–H and O–H groups in total. The van der Waals surface area contributed by atoms with E-state index in [0.717, 1.165) is 29.5 Å². The third kappa shape index (κ3) is 3.60. The highest BCUT2D eigenvalue weighted by molar-refractivity contribution is 7.88. The van der Waals surface area contributed by atoms with Gasteiger partial charge >= 0.3 is 0 Å². The first-order valence-electron chi connectivity index (χ1n) is 10.7. The van der Waals surface area contributed by atoms with Crippen molar-refractivity contribution in [3.8, 4) is 10.6 Å². The van der Waals surface area contributed by atoms with Gasteiger partial charge in [0, 0.05) is 43.0 Å². The molecule has 1 aliphatic carbocycles. The van der Waals surface area contributed by atoms with E-state index in [1.165, 1.54) is 21.9 Å². The van der Waals surface area contributed by atoms with Crippen LogP contribution in [0.4, 0.5) is 10.3 Å². The van der Waals surface area contributed by atoms with E-state index in [1.54, 1.807) is 4.90 Å². The topological polar surface area (TPSA) is 95.5 Å². The summed E-state index contributed by atoms with van der Waals surface area (Å²) in [5.41, 5.74) is 1.71. The molecule has 0 unspecified atom stereocenters. The van der Waals surface area contributed by atoms with Crippen LogP contribution in [0.2, 0.25) is 0 Å². The van der Waals surface area contributed by atoms with Gasteiger partial charge in [-0.2, -0.15) is 0 Å². The van der Waals surface area contributed by atoms with E-state index in [0.29, 0.717) is 48.9 Å². The maximum absolute atomic E-state index is 14.8. The highest BCUT2D eigenvalue weighted by Crippen LogP contribution is 2.57. The zero-order chi connectivity index (χ0) is 22.8. The van der Waals surface area contributed by atoms with Gasteiger partial charge in [-0.25, -0.2) is 27.1 Å². The molecule has 172 valence electrons. The number of hydrogen-bond acceptors (Lipinski definition) is 7. The summed E-state index contributed by atoms with van der Waals surface area (Å²) in [7, 11) is -1.37. The predicted molar refractivity (Wildman–Crippen MR) is 121 cm³/mol. The fraction of sp³-hybridized carbons (Fsp3) is 0.571. The van der Waals surface area contributed by atoms with Crippen molar-refractivity contribution in [1.82, 2.24) is 19.2 Å². The highest BCUT2D eigenvalue weighted by atomic mass is 32.2. The van der Waals surface area contributed by atoms with E-state index in [2.05, 4.69) is 15.3 Å². The number of aromatic nitrogens is 2. The number of nitrogens with zero attached hydrogens (tertiary/aromatic N) is 4. The Labute approximate surface area is 190 Å². The second-order valence-electron chi connectivity index (χ2n) is 9.17. The van der Waals surface area contributed by atoms with Crippen LogP contribution >= 0.6 is 11.3 Å². The Bertz CT molecular complexity index is 1200. The highest BCUT2D eigenvalue weighted by Gasteiger charge is 2.53. The van der Waals surface area contributed by atoms with Crippen LogP contribution < -0.4 is 5.32 Å². The number of anilines is 1. The normalized spacial score (nSPS) is 21.1. The van der Waals surface area contributed by atoms with Gasteiger partial charge in [-0.15, -0.1) is 11.3 Å². The number of halogens is 1. The molecule has 11 heteroatoms. The van der Waals surface area contributed by atoms with Gasteiger partial charge in [0.05, 0.1) is 22.9 Å². The van der Waals surface area contributed by atoms with E-state index in [-0.39, 0.29) is 23.1 Å². The van der Waals surface area contributed by atoms with Crippen LogP contribution in [0.1, 0.15) is 46.5 Å². The molecule has 4 heterocycles. The summed E-state index contributed by atoms with van der Waals surface area (Å²) in [6, 6.07) is 0.00825. The van der Waals surface area contributed by atoms with Crippen molar-refractivity contribution in [2.24, 2.45) is 0 Å². The third-order valence-corrected chi connectivity index (χ3v) is 9.65. The summed E-state index contributed by atoms with van der Waals surface area (Å²) in [6.45, 7) is 3.44. The first kappa shape index (κ1) is 21.7. The molecule has 2 fully saturated rings. The van der Waals surface area contributed by atoms with Crippen molar-refractivity contribution in [2.75, 3.05) is 38.3 Å². The first-order valence-corrected chi connectivity index (χ1v) is 13.4. The Morgan fingerprint density at radius 1 is 1.28 bits per heavy atom. The molecule has 0 radical (unpaired) electrons. The van der Waals surface area contributed by atoms with Gasteiger partial charge in [-0.3, -0.25) is 4.79 Å². The average Bonchev–Trinajstić information content (AvgIpc) is 3.42. The quantitative estimate of drug-likeness (QED) is 0.724. The standard InChI is InChI=1S/C21H26FN5O3S2/c1-12-15-18(21(6-7-21)11-26(2)19(15)28)31-17(12)16-14(22)10-23-20(25-16)24-13-4-8-27(9-5-13)32(3,29)30/h10,13H,4-9,11H2,1-3H3,(H,23,24,25). The van der Waals surface area contributed by atoms with Crippen molar-refractivity contribution in [2.45, 2.75) is 44.1 Å². The molecule has 1 spiro atoms. The minimum absolute atomic E-state index is 0.00825. The number of amides is 1. The summed E-state index contributed by atoms with van der Waals surface area (Å²) in [6.07, 6.45) is 5.71. The van der Waals surface area contributed by atoms with Gasteiger partial charge in [-0.05, 0) is 38.2 Å². The fourth-order valence-corrected chi connectivity index (χ4v) is 7.21. The second-order valence-corrected chi connectivity index (χ2v) is 12.2. The SMILES string of the molecule is Cc1c(-c2nc(NC3CCN(S(C)(=O)=O)CC3)ncc2F)sc2c1C(=O)N(C)CC21CC1. The Hall–Kier alpha value is -2.11. The minimum atomic E-state index is -3.19. The monoisotopic (exact) mass is 479 g/mol. The van der Waals surface area contributed by atoms with E-state index in [4.69, 9.17) is 0 Å². The molecular formula is C21H26FN5O3S2. The number of sulfonamides is 1. The number of carbonyl (C=O) groups is 1. The number of nitrogens with one attached hydrogen (secondary N) is 1. The smallest absolute Gasteiger partial charge is 0.255 e. The number of rotatable bonds is 4. The third-order valence-electron chi connectivity index (χ3n) is 6.80. The van der Waals surface area contributed by atoms with Crippen LogP contribution in [0.15, 0.2) is 6.20 Å². The van der Waals surface area contributed by atoms with E-state index >= 15 is 0 Å². The van der Waals surface area contributed by atoms with Crippen LogP contribution in [0.25, 0.3) is 10.6 Å². The van der Waals surface area contributed by atoms with Crippen molar-refractivity contribution >= 4 is 33.2 Å². The summed E-state index contributed by atoms with van der Waals surface area (Å²) in [5, 5.41) is 3.23. The van der Waals surface area contributed by atoms with Crippen LogP contribution in [0, 0.1) is 12.7 Å². The molecule has 0 atom stereocenters. The molecule has 3 aliphatic rings. The molecule has 2 aliphatic heterocycles. The Kier molecular flexibility index (Phi) is 5.06. The van der Waals surface area contributed by atoms with E-state index in [9.17, 15) is 17.6 Å². The van der Waals surface area contributed by atoms with Crippen molar-refractivity contribution < 1.29 is 17.6 Å². The zero-order valence-corrected chi connectivity index (χ0v) is 19.9. The van der Waals surface area contributed by atoms with Gasteiger partial charge in [-0.1, -0.05) is 0 Å². The molecule has 0 aromatic carbocycles. The van der Waals surface area contributed by atoms with E-state index < -0.39 is 15.8 Å². The van der Waals surface area contributed by atoms with Crippen LogP contribution in [-0.2, 0) is 15.4 Å². The number of carbonyl (C=O) groups excluding carboxylic acids is 1. The molecule has 8 nitrogen and oxygen atoms in total. The lowest BCUT2D eigenvalue weighted by atomic mass is 9.92. The molecule has 2 aromatic heterocycles. The second kappa shape index (κ2) is 7.46. The summed E-state index contributed by atoms with van der Waals surface area (Å²) >= 11 is 1.48. The number of piperidine rings is 1. The van der Waals surface area contributed by atoms with Crippen LogP contribution in [-0.4, -0.2) is 72.5 Å². The van der Waals surface area contributed by atoms with Crippen LogP contribution in [0.3, 0.4) is 0 Å². The molecule has 5 rings (SSSR count). The predicted octanol–water partition coefficient (Wildman–Crippen LogP) is 2.61. The number of hydrogen-bond donors (Lipinski definition) is 1. The summed E-state index contributed by atoms with van der Waals surface area (Å²) in [4.78, 5) is 25.0. The molecule has 32 heavy (non-hydrogen) atoms. The summed E-state index contributed by atoms with van der Waals surface area (Å²) < 4.78 is 39.7. The Balaban J connectivity index is 1.42. The fourth-order valence-electron chi connectivity index (χ4n) is 4.81. The molecule has 2 aromatic rings. The van der Waals surface area contributed by atoms with Gasteiger partial charge < -0.3 is 10.2 Å². The summed E-state index contributed by atoms with van der Waals surface area (Å²) in [5.74, 6) is -0.215. The lowest BCUT2D eigenvalue weighted by Crippen LogP contribution is -2.42. The number of thiophene rings is 1. The largest absolute Gasteiger partial charge is 0.351 e. The number of fused-ring (bicyclic) bond motifs is 2. The average molecular weight is 480 g/mol. The zero-order valence-electron chi connectivity index (χ0n) is 18.3. The Morgan fingerprint density at radius 3 is 2.59 bits per heavy atom. The first-order chi connectivity index (χ1) is 15.1. The van der Waals surface area contributed by atoms with Crippen molar-refractivity contribution in [1.29, 1.82) is 0 Å². The van der Waals surface area contributed by atoms with Gasteiger partial charge in [0.15, 0.2) is 5.82 Å². The number of likely N-dealkylation sites (N-methyl/N-ethyl adjacent to an activating group) is 1. The van der Waals surface area contributed by atoms with Gasteiger partial charge in [0.2, 0.25) is 16.0 Å². The van der Waals surface area contributed by atoms with Gasteiger partial charge in [0.25, 0.3) is 5.91 Å². The lowest BCUT2D eigenvalue weighted by Gasteiger charge is -2.30. The van der Waals surface area contributed by atoms with Crippen molar-refractivity contribution in [3.63, 3.8) is 0 Å². The molecule has 1 saturated heterocycles. The molecular weight excluding hydrogens is 453 g/mol. The lowest BCUT2D eigenvalue weighted by molar-refractivity contribution is 0.0760. The van der Waals surface area contributed by atoms with Crippen molar-refractivity contribution in [3.05, 3.63) is 28.0 Å². The minimum Gasteiger partial charge on any atom is -0.351 e. The van der Waals surface area contributed by atoms with E-state index in [1.807, 2.05) is 14.0 Å².